The Bertz CT molecular complexity index is 712. The van der Waals surface area contributed by atoms with Crippen molar-refractivity contribution in [3.05, 3.63) is 57.6 Å². The van der Waals surface area contributed by atoms with Crippen LogP contribution in [0.25, 0.3) is 12.2 Å². The summed E-state index contributed by atoms with van der Waals surface area (Å²) >= 11 is 3.51. The molecule has 0 saturated heterocycles. The lowest BCUT2D eigenvalue weighted by Gasteiger charge is -2.05. The van der Waals surface area contributed by atoms with Gasteiger partial charge in [0.1, 0.15) is 12.4 Å². The average Bonchev–Trinajstić information content (AvgIpc) is 3.30. The van der Waals surface area contributed by atoms with Crippen LogP contribution < -0.4 is 0 Å². The highest BCUT2D eigenvalue weighted by atomic mass is 79.9. The van der Waals surface area contributed by atoms with E-state index in [1.807, 2.05) is 12.2 Å². The summed E-state index contributed by atoms with van der Waals surface area (Å²) in [4.78, 5) is 8.01. The van der Waals surface area contributed by atoms with E-state index in [4.69, 9.17) is 5.26 Å². The molecule has 1 fully saturated rings. The first-order valence-electron chi connectivity index (χ1n) is 6.45. The van der Waals surface area contributed by atoms with Crippen molar-refractivity contribution in [1.82, 2.24) is 9.97 Å². The largest absolute Gasteiger partial charge is 0.243 e. The number of aromatic nitrogens is 2. The summed E-state index contributed by atoms with van der Waals surface area (Å²) in [7, 11) is 0. The highest BCUT2D eigenvalue weighted by molar-refractivity contribution is 9.10. The summed E-state index contributed by atoms with van der Waals surface area (Å²) in [5, 5.41) is 9.04. The Morgan fingerprint density at radius 3 is 2.90 bits per heavy atom. The van der Waals surface area contributed by atoms with Gasteiger partial charge in [-0.05, 0) is 48.1 Å². The fourth-order valence-electron chi connectivity index (χ4n) is 2.18. The summed E-state index contributed by atoms with van der Waals surface area (Å²) in [6.07, 6.45) is 9.44. The van der Waals surface area contributed by atoms with Crippen molar-refractivity contribution in [2.24, 2.45) is 0 Å². The maximum atomic E-state index is 9.04. The second kappa shape index (κ2) is 5.56. The molecule has 98 valence electrons. The second-order valence-electron chi connectivity index (χ2n) is 4.81. The fourth-order valence-corrected chi connectivity index (χ4v) is 2.56. The van der Waals surface area contributed by atoms with Crippen molar-refractivity contribution >= 4 is 28.1 Å². The van der Waals surface area contributed by atoms with Gasteiger partial charge in [-0.2, -0.15) is 5.26 Å². The van der Waals surface area contributed by atoms with E-state index < -0.39 is 0 Å². The van der Waals surface area contributed by atoms with Crippen LogP contribution in [0.15, 0.2) is 35.2 Å². The van der Waals surface area contributed by atoms with Gasteiger partial charge in [0.2, 0.25) is 0 Å². The van der Waals surface area contributed by atoms with Crippen molar-refractivity contribution in [3.8, 4) is 6.07 Å². The van der Waals surface area contributed by atoms with Crippen LogP contribution >= 0.6 is 15.9 Å². The molecule has 1 aliphatic rings. The minimum Gasteiger partial charge on any atom is -0.243 e. The maximum absolute atomic E-state index is 9.04. The molecule has 20 heavy (non-hydrogen) atoms. The topological polar surface area (TPSA) is 49.6 Å². The molecule has 2 aromatic rings. The number of nitriles is 1. The minimum absolute atomic E-state index is 0.492. The Balaban J connectivity index is 1.96. The second-order valence-corrected chi connectivity index (χ2v) is 5.73. The smallest absolute Gasteiger partial charge is 0.116 e. The van der Waals surface area contributed by atoms with Gasteiger partial charge in [0.15, 0.2) is 0 Å². The van der Waals surface area contributed by atoms with Crippen LogP contribution in [-0.2, 0) is 0 Å². The quantitative estimate of drug-likeness (QED) is 0.851. The summed E-state index contributed by atoms with van der Waals surface area (Å²) < 4.78 is 1.06. The van der Waals surface area contributed by atoms with Crippen molar-refractivity contribution in [2.75, 3.05) is 0 Å². The molecule has 0 aliphatic heterocycles. The number of hydrogen-bond donors (Lipinski definition) is 0. The SMILES string of the molecule is N#Cc1cncnc1/C=C/c1cc(Br)ccc1C1CC1. The van der Waals surface area contributed by atoms with Crippen molar-refractivity contribution in [2.45, 2.75) is 18.8 Å². The monoisotopic (exact) mass is 325 g/mol. The third kappa shape index (κ3) is 2.78. The summed E-state index contributed by atoms with van der Waals surface area (Å²) in [6.45, 7) is 0. The van der Waals surface area contributed by atoms with Gasteiger partial charge < -0.3 is 0 Å². The Labute approximate surface area is 126 Å². The summed E-state index contributed by atoms with van der Waals surface area (Å²) in [6, 6.07) is 8.47. The molecule has 0 unspecified atom stereocenters. The van der Waals surface area contributed by atoms with Crippen molar-refractivity contribution in [3.63, 3.8) is 0 Å². The van der Waals surface area contributed by atoms with E-state index in [-0.39, 0.29) is 0 Å². The van der Waals surface area contributed by atoms with Gasteiger partial charge in [-0.1, -0.05) is 28.1 Å². The molecule has 1 saturated carbocycles. The zero-order chi connectivity index (χ0) is 13.9. The zero-order valence-corrected chi connectivity index (χ0v) is 12.3. The predicted octanol–water partition coefficient (Wildman–Crippen LogP) is 4.16. The van der Waals surface area contributed by atoms with E-state index in [1.165, 1.54) is 36.5 Å². The average molecular weight is 326 g/mol. The molecule has 1 heterocycles. The first-order valence-corrected chi connectivity index (χ1v) is 7.25. The van der Waals surface area contributed by atoms with Crippen LogP contribution in [0.3, 0.4) is 0 Å². The Morgan fingerprint density at radius 1 is 1.30 bits per heavy atom. The standard InChI is InChI=1S/C16H12BrN3/c17-14-4-5-15(11-1-2-11)12(7-14)3-6-16-13(8-18)9-19-10-20-16/h3-7,9-11H,1-2H2/b6-3+. The number of rotatable bonds is 3. The molecular formula is C16H12BrN3. The first kappa shape index (κ1) is 13.0. The Kier molecular flexibility index (Phi) is 3.62. The lowest BCUT2D eigenvalue weighted by molar-refractivity contribution is 1.12. The molecule has 0 radical (unpaired) electrons. The molecule has 1 aromatic heterocycles. The van der Waals surface area contributed by atoms with Crippen LogP contribution in [0, 0.1) is 11.3 Å². The molecule has 3 nitrogen and oxygen atoms in total. The summed E-state index contributed by atoms with van der Waals surface area (Å²) in [5.74, 6) is 0.684. The molecule has 1 aliphatic carbocycles. The minimum atomic E-state index is 0.492. The number of halogens is 1. The van der Waals surface area contributed by atoms with Crippen LogP contribution in [0.4, 0.5) is 0 Å². The van der Waals surface area contributed by atoms with Crippen molar-refractivity contribution < 1.29 is 0 Å². The van der Waals surface area contributed by atoms with Crippen LogP contribution in [0.5, 0.6) is 0 Å². The first-order chi connectivity index (χ1) is 9.78. The van der Waals surface area contributed by atoms with Gasteiger partial charge in [0.05, 0.1) is 11.3 Å². The highest BCUT2D eigenvalue weighted by Gasteiger charge is 2.25. The lowest BCUT2D eigenvalue weighted by Crippen LogP contribution is -1.89. The Hall–Kier alpha value is -1.99. The number of benzene rings is 1. The van der Waals surface area contributed by atoms with Gasteiger partial charge in [-0.3, -0.25) is 0 Å². The van der Waals surface area contributed by atoms with Crippen LogP contribution in [0.1, 0.15) is 41.1 Å². The highest BCUT2D eigenvalue weighted by Crippen LogP contribution is 2.42. The molecule has 0 bridgehead atoms. The van der Waals surface area contributed by atoms with Crippen molar-refractivity contribution in [1.29, 1.82) is 5.26 Å². The number of nitrogens with zero attached hydrogens (tertiary/aromatic N) is 3. The van der Waals surface area contributed by atoms with E-state index in [2.05, 4.69) is 50.2 Å². The predicted molar refractivity (Wildman–Crippen MR) is 81.8 cm³/mol. The van der Waals surface area contributed by atoms with E-state index in [0.29, 0.717) is 17.2 Å². The molecule has 0 spiro atoms. The third-order valence-corrected chi connectivity index (χ3v) is 3.84. The van der Waals surface area contributed by atoms with E-state index in [0.717, 1.165) is 4.47 Å². The normalized spacial score (nSPS) is 14.4. The molecule has 1 aromatic carbocycles. The fraction of sp³-hybridized carbons (Fsp3) is 0.188. The lowest BCUT2D eigenvalue weighted by atomic mass is 10.0. The Morgan fingerprint density at radius 2 is 2.15 bits per heavy atom. The van der Waals surface area contributed by atoms with Crippen LogP contribution in [0.2, 0.25) is 0 Å². The zero-order valence-electron chi connectivity index (χ0n) is 10.8. The van der Waals surface area contributed by atoms with Crippen LogP contribution in [-0.4, -0.2) is 9.97 Å². The van der Waals surface area contributed by atoms with Gasteiger partial charge in [-0.25, -0.2) is 9.97 Å². The van der Waals surface area contributed by atoms with E-state index in [1.54, 1.807) is 0 Å². The molecule has 4 heteroatoms. The van der Waals surface area contributed by atoms with Gasteiger partial charge in [0, 0.05) is 10.7 Å². The number of hydrogen-bond acceptors (Lipinski definition) is 3. The molecule has 0 N–H and O–H groups in total. The van der Waals surface area contributed by atoms with E-state index >= 15 is 0 Å². The van der Waals surface area contributed by atoms with Gasteiger partial charge in [-0.15, -0.1) is 0 Å². The molecule has 0 atom stereocenters. The van der Waals surface area contributed by atoms with E-state index in [9.17, 15) is 0 Å². The van der Waals surface area contributed by atoms with Gasteiger partial charge in [0.25, 0.3) is 0 Å². The summed E-state index contributed by atoms with van der Waals surface area (Å²) in [5.41, 5.74) is 3.71. The molecule has 3 rings (SSSR count). The maximum Gasteiger partial charge on any atom is 0.116 e. The molecular weight excluding hydrogens is 314 g/mol. The third-order valence-electron chi connectivity index (χ3n) is 3.35. The molecule has 0 amide bonds. The van der Waals surface area contributed by atoms with Gasteiger partial charge >= 0.3 is 0 Å².